The summed E-state index contributed by atoms with van der Waals surface area (Å²) in [5, 5.41) is 13.6. The molecule has 0 bridgehead atoms. The minimum absolute atomic E-state index is 0.0604. The standard InChI is InChI=1S/C21H19N5O2/c1-13-17(24-25-23-13)19(27)26-12-11-21(18(26)14-7-3-2-4-8-14)15-9-5-6-10-16(15)22-20(21)28/h2-10,18H,11-12H2,1H3,(H,22,28)(H,23,24,25). The summed E-state index contributed by atoms with van der Waals surface area (Å²) in [5.74, 6) is -0.274. The van der Waals surface area contributed by atoms with Crippen molar-refractivity contribution in [2.45, 2.75) is 24.8 Å². The number of benzene rings is 2. The van der Waals surface area contributed by atoms with Crippen molar-refractivity contribution in [2.24, 2.45) is 0 Å². The number of nitrogens with one attached hydrogen (secondary N) is 2. The van der Waals surface area contributed by atoms with Gasteiger partial charge >= 0.3 is 0 Å². The molecule has 7 heteroatoms. The largest absolute Gasteiger partial charge is 0.329 e. The summed E-state index contributed by atoms with van der Waals surface area (Å²) >= 11 is 0. The summed E-state index contributed by atoms with van der Waals surface area (Å²) in [7, 11) is 0. The fraction of sp³-hybridized carbons (Fsp3) is 0.238. The first-order valence-corrected chi connectivity index (χ1v) is 9.27. The van der Waals surface area contributed by atoms with Gasteiger partial charge in [-0.25, -0.2) is 0 Å². The lowest BCUT2D eigenvalue weighted by Gasteiger charge is -2.34. The Hall–Kier alpha value is -3.48. The summed E-state index contributed by atoms with van der Waals surface area (Å²) in [6.07, 6.45) is 0.554. The second kappa shape index (κ2) is 6.02. The molecular formula is C21H19N5O2. The fourth-order valence-corrected chi connectivity index (χ4v) is 4.63. The number of aromatic nitrogens is 3. The number of hydrogen-bond donors (Lipinski definition) is 2. The fourth-order valence-electron chi connectivity index (χ4n) is 4.63. The van der Waals surface area contributed by atoms with Crippen LogP contribution in [0.3, 0.4) is 0 Å². The lowest BCUT2D eigenvalue weighted by atomic mass is 9.72. The Morgan fingerprint density at radius 3 is 2.61 bits per heavy atom. The minimum Gasteiger partial charge on any atom is -0.329 e. The molecule has 1 saturated heterocycles. The molecule has 28 heavy (non-hydrogen) atoms. The van der Waals surface area contributed by atoms with Crippen molar-refractivity contribution in [3.63, 3.8) is 0 Å². The Morgan fingerprint density at radius 2 is 1.86 bits per heavy atom. The summed E-state index contributed by atoms with van der Waals surface area (Å²) in [5.41, 5.74) is 2.73. The summed E-state index contributed by atoms with van der Waals surface area (Å²) in [4.78, 5) is 28.4. The number of amides is 2. The second-order valence-electron chi connectivity index (χ2n) is 7.29. The zero-order chi connectivity index (χ0) is 19.3. The van der Waals surface area contributed by atoms with Crippen molar-refractivity contribution < 1.29 is 9.59 Å². The number of fused-ring (bicyclic) bond motifs is 2. The van der Waals surface area contributed by atoms with Gasteiger partial charge in [0.25, 0.3) is 5.91 Å². The molecule has 1 aromatic heterocycles. The van der Waals surface area contributed by atoms with Crippen LogP contribution in [0.2, 0.25) is 0 Å². The lowest BCUT2D eigenvalue weighted by molar-refractivity contribution is -0.121. The van der Waals surface area contributed by atoms with Crippen LogP contribution in [0, 0.1) is 6.92 Å². The molecule has 2 N–H and O–H groups in total. The third kappa shape index (κ3) is 2.16. The maximum absolute atomic E-state index is 13.3. The van der Waals surface area contributed by atoms with E-state index in [1.807, 2.05) is 54.6 Å². The van der Waals surface area contributed by atoms with Crippen molar-refractivity contribution in [2.75, 3.05) is 11.9 Å². The smallest absolute Gasteiger partial charge is 0.276 e. The van der Waals surface area contributed by atoms with E-state index in [9.17, 15) is 9.59 Å². The average Bonchev–Trinajstić information content (AvgIpc) is 3.40. The highest BCUT2D eigenvalue weighted by Crippen LogP contribution is 2.54. The molecule has 0 radical (unpaired) electrons. The highest BCUT2D eigenvalue weighted by atomic mass is 16.2. The number of aryl methyl sites for hydroxylation is 1. The zero-order valence-corrected chi connectivity index (χ0v) is 15.3. The number of rotatable bonds is 2. The van der Waals surface area contributed by atoms with Crippen LogP contribution in [-0.4, -0.2) is 38.7 Å². The van der Waals surface area contributed by atoms with Crippen LogP contribution in [0.15, 0.2) is 54.6 Å². The van der Waals surface area contributed by atoms with Gasteiger partial charge in [-0.2, -0.15) is 15.4 Å². The number of nitrogens with zero attached hydrogens (tertiary/aromatic N) is 3. The highest BCUT2D eigenvalue weighted by molar-refractivity contribution is 6.08. The molecular weight excluding hydrogens is 354 g/mol. The van der Waals surface area contributed by atoms with Gasteiger partial charge in [-0.15, -0.1) is 0 Å². The van der Waals surface area contributed by atoms with Gasteiger partial charge in [0.05, 0.1) is 11.7 Å². The molecule has 3 heterocycles. The third-order valence-corrected chi connectivity index (χ3v) is 5.89. The summed E-state index contributed by atoms with van der Waals surface area (Å²) < 4.78 is 0. The van der Waals surface area contributed by atoms with Crippen molar-refractivity contribution in [3.8, 4) is 0 Å². The van der Waals surface area contributed by atoms with Gasteiger partial charge in [0, 0.05) is 12.2 Å². The van der Waals surface area contributed by atoms with Crippen LogP contribution in [0.4, 0.5) is 5.69 Å². The number of carbonyl (C=O) groups excluding carboxylic acids is 2. The Balaban J connectivity index is 1.69. The number of hydrogen-bond acceptors (Lipinski definition) is 4. The maximum atomic E-state index is 13.3. The Kier molecular flexibility index (Phi) is 3.58. The Bertz CT molecular complexity index is 1080. The predicted molar refractivity (Wildman–Crippen MR) is 103 cm³/mol. The average molecular weight is 373 g/mol. The van der Waals surface area contributed by atoms with E-state index in [-0.39, 0.29) is 11.8 Å². The molecule has 1 fully saturated rings. The number of likely N-dealkylation sites (tertiary alicyclic amines) is 1. The van der Waals surface area contributed by atoms with E-state index < -0.39 is 11.5 Å². The van der Waals surface area contributed by atoms with Gasteiger partial charge in [0.1, 0.15) is 5.41 Å². The van der Waals surface area contributed by atoms with E-state index in [0.717, 1.165) is 16.8 Å². The van der Waals surface area contributed by atoms with E-state index in [2.05, 4.69) is 20.7 Å². The second-order valence-corrected chi connectivity index (χ2v) is 7.29. The van der Waals surface area contributed by atoms with E-state index in [1.54, 1.807) is 11.8 Å². The van der Waals surface area contributed by atoms with Gasteiger partial charge in [-0.05, 0) is 30.5 Å². The molecule has 0 saturated carbocycles. The van der Waals surface area contributed by atoms with E-state index in [4.69, 9.17) is 0 Å². The molecule has 3 aromatic rings. The third-order valence-electron chi connectivity index (χ3n) is 5.89. The van der Waals surface area contributed by atoms with Crippen LogP contribution in [0.25, 0.3) is 0 Å². The van der Waals surface area contributed by atoms with Crippen LogP contribution in [0.1, 0.15) is 39.8 Å². The first kappa shape index (κ1) is 16.7. The number of para-hydroxylation sites is 1. The van der Waals surface area contributed by atoms with Gasteiger partial charge < -0.3 is 10.2 Å². The van der Waals surface area contributed by atoms with Gasteiger partial charge in [-0.1, -0.05) is 48.5 Å². The van der Waals surface area contributed by atoms with Crippen molar-refractivity contribution >= 4 is 17.5 Å². The van der Waals surface area contributed by atoms with Crippen molar-refractivity contribution in [1.82, 2.24) is 20.3 Å². The topological polar surface area (TPSA) is 91.0 Å². The molecule has 140 valence electrons. The van der Waals surface area contributed by atoms with E-state index in [1.165, 1.54) is 0 Å². The first-order valence-electron chi connectivity index (χ1n) is 9.27. The molecule has 2 aliphatic rings. The number of carbonyl (C=O) groups is 2. The number of aromatic amines is 1. The molecule has 1 spiro atoms. The van der Waals surface area contributed by atoms with Crippen LogP contribution >= 0.6 is 0 Å². The van der Waals surface area contributed by atoms with Crippen LogP contribution in [0.5, 0.6) is 0 Å². The Labute approximate surface area is 161 Å². The van der Waals surface area contributed by atoms with Gasteiger partial charge in [-0.3, -0.25) is 9.59 Å². The molecule has 2 aliphatic heterocycles. The Morgan fingerprint density at radius 1 is 1.11 bits per heavy atom. The molecule has 0 aliphatic carbocycles. The highest BCUT2D eigenvalue weighted by Gasteiger charge is 2.59. The number of anilines is 1. The van der Waals surface area contributed by atoms with Crippen LogP contribution in [-0.2, 0) is 10.2 Å². The summed E-state index contributed by atoms with van der Waals surface area (Å²) in [6.45, 7) is 2.21. The quantitative estimate of drug-likeness (QED) is 0.722. The molecule has 2 aromatic carbocycles. The monoisotopic (exact) mass is 373 g/mol. The van der Waals surface area contributed by atoms with E-state index in [0.29, 0.717) is 24.4 Å². The van der Waals surface area contributed by atoms with Gasteiger partial charge in [0.2, 0.25) is 5.91 Å². The van der Waals surface area contributed by atoms with E-state index >= 15 is 0 Å². The van der Waals surface area contributed by atoms with Crippen molar-refractivity contribution in [1.29, 1.82) is 0 Å². The van der Waals surface area contributed by atoms with Crippen LogP contribution < -0.4 is 5.32 Å². The number of H-pyrrole nitrogens is 1. The first-order chi connectivity index (χ1) is 13.6. The normalized spacial score (nSPS) is 23.1. The SMILES string of the molecule is Cc1n[nH]nc1C(=O)N1CCC2(C(=O)Nc3ccccc32)C1c1ccccc1. The molecule has 2 amide bonds. The molecule has 2 unspecified atom stereocenters. The maximum Gasteiger partial charge on any atom is 0.276 e. The lowest BCUT2D eigenvalue weighted by Crippen LogP contribution is -2.42. The molecule has 2 atom stereocenters. The summed E-state index contributed by atoms with van der Waals surface area (Å²) in [6, 6.07) is 17.1. The van der Waals surface area contributed by atoms with Crippen molar-refractivity contribution in [3.05, 3.63) is 77.1 Å². The zero-order valence-electron chi connectivity index (χ0n) is 15.3. The predicted octanol–water partition coefficient (Wildman–Crippen LogP) is 2.59. The molecule has 7 nitrogen and oxygen atoms in total. The minimum atomic E-state index is -0.814. The molecule has 5 rings (SSSR count). The van der Waals surface area contributed by atoms with Gasteiger partial charge in [0.15, 0.2) is 5.69 Å².